The second kappa shape index (κ2) is 5.78. The number of rotatable bonds is 4. The Labute approximate surface area is 122 Å². The Morgan fingerprint density at radius 2 is 2.14 bits per heavy atom. The Hall–Kier alpha value is -2.63. The predicted octanol–water partition coefficient (Wildman–Crippen LogP) is 1.88. The van der Waals surface area contributed by atoms with E-state index in [0.717, 1.165) is 10.8 Å². The number of nitrogens with zero attached hydrogens (tertiary/aromatic N) is 2. The zero-order valence-corrected chi connectivity index (χ0v) is 12.0. The minimum absolute atomic E-state index is 0.0430. The van der Waals surface area contributed by atoms with E-state index in [1.807, 2.05) is 37.3 Å². The summed E-state index contributed by atoms with van der Waals surface area (Å²) in [5.74, 6) is -0.402. The Bertz CT molecular complexity index is 694. The molecule has 1 amide bonds. The van der Waals surface area contributed by atoms with Crippen LogP contribution in [0.3, 0.4) is 0 Å². The van der Waals surface area contributed by atoms with E-state index in [0.29, 0.717) is 12.1 Å². The number of nitrogens with two attached hydrogens (primary N) is 1. The molecule has 0 bridgehead atoms. The zero-order chi connectivity index (χ0) is 15.5. The number of pyridine rings is 1. The van der Waals surface area contributed by atoms with Crippen LogP contribution in [0.15, 0.2) is 41.7 Å². The standard InChI is InChI=1S/C15H18N4O2/c1-3-15(2,14(16)19-21)18-13(20)12-11-7-5-4-6-10(11)8-9-17-12/h4-9,21H,3H2,1-2H3,(H2,16,19)(H,18,20). The Morgan fingerprint density at radius 3 is 2.81 bits per heavy atom. The maximum Gasteiger partial charge on any atom is 0.271 e. The average molecular weight is 286 g/mol. The molecule has 1 aromatic heterocycles. The van der Waals surface area contributed by atoms with E-state index in [2.05, 4.69) is 15.5 Å². The van der Waals surface area contributed by atoms with E-state index in [9.17, 15) is 4.79 Å². The first-order valence-electron chi connectivity index (χ1n) is 6.66. The third-order valence-corrected chi connectivity index (χ3v) is 3.66. The maximum atomic E-state index is 12.5. The van der Waals surface area contributed by atoms with E-state index in [-0.39, 0.29) is 11.7 Å². The molecule has 0 aliphatic rings. The van der Waals surface area contributed by atoms with Gasteiger partial charge in [-0.2, -0.15) is 0 Å². The first kappa shape index (κ1) is 14.8. The third-order valence-electron chi connectivity index (χ3n) is 3.66. The summed E-state index contributed by atoms with van der Waals surface area (Å²) in [6.07, 6.45) is 2.07. The minimum atomic E-state index is -0.926. The van der Waals surface area contributed by atoms with Gasteiger partial charge in [-0.05, 0) is 24.8 Å². The Balaban J connectivity index is 2.39. The van der Waals surface area contributed by atoms with Gasteiger partial charge in [0.05, 0.1) is 5.54 Å². The fourth-order valence-electron chi connectivity index (χ4n) is 2.05. The average Bonchev–Trinajstić information content (AvgIpc) is 2.53. The van der Waals surface area contributed by atoms with Crippen LogP contribution in [0.4, 0.5) is 0 Å². The molecule has 2 aromatic rings. The van der Waals surface area contributed by atoms with E-state index >= 15 is 0 Å². The van der Waals surface area contributed by atoms with Crippen LogP contribution in [0.1, 0.15) is 30.8 Å². The number of aromatic nitrogens is 1. The number of amides is 1. The summed E-state index contributed by atoms with van der Waals surface area (Å²) in [4.78, 5) is 16.6. The fraction of sp³-hybridized carbons (Fsp3) is 0.267. The van der Waals surface area contributed by atoms with Crippen LogP contribution < -0.4 is 11.1 Å². The van der Waals surface area contributed by atoms with Gasteiger partial charge in [-0.3, -0.25) is 9.78 Å². The van der Waals surface area contributed by atoms with E-state index in [1.54, 1.807) is 13.1 Å². The second-order valence-electron chi connectivity index (χ2n) is 5.01. The fourth-order valence-corrected chi connectivity index (χ4v) is 2.05. The molecule has 1 aromatic carbocycles. The highest BCUT2D eigenvalue weighted by atomic mass is 16.4. The topological polar surface area (TPSA) is 101 Å². The van der Waals surface area contributed by atoms with Gasteiger partial charge in [-0.1, -0.05) is 36.3 Å². The van der Waals surface area contributed by atoms with E-state index < -0.39 is 5.54 Å². The Morgan fingerprint density at radius 1 is 1.43 bits per heavy atom. The molecule has 0 fully saturated rings. The second-order valence-corrected chi connectivity index (χ2v) is 5.01. The maximum absolute atomic E-state index is 12.5. The van der Waals surface area contributed by atoms with Crippen LogP contribution in [0.25, 0.3) is 10.8 Å². The number of carbonyl (C=O) groups is 1. The van der Waals surface area contributed by atoms with Crippen molar-refractivity contribution in [1.29, 1.82) is 0 Å². The lowest BCUT2D eigenvalue weighted by Gasteiger charge is -2.27. The summed E-state index contributed by atoms with van der Waals surface area (Å²) in [6, 6.07) is 9.34. The van der Waals surface area contributed by atoms with Crippen LogP contribution in [0.2, 0.25) is 0 Å². The van der Waals surface area contributed by atoms with E-state index in [4.69, 9.17) is 10.9 Å². The lowest BCUT2D eigenvalue weighted by Crippen LogP contribution is -2.55. The Kier molecular flexibility index (Phi) is 4.07. The van der Waals surface area contributed by atoms with Gasteiger partial charge in [0.15, 0.2) is 5.84 Å². The van der Waals surface area contributed by atoms with Crippen molar-refractivity contribution >= 4 is 22.5 Å². The number of oxime groups is 1. The molecule has 21 heavy (non-hydrogen) atoms. The molecule has 0 saturated heterocycles. The van der Waals surface area contributed by atoms with Crippen LogP contribution in [0, 0.1) is 0 Å². The normalized spacial score (nSPS) is 14.7. The summed E-state index contributed by atoms with van der Waals surface area (Å²) < 4.78 is 0. The monoisotopic (exact) mass is 286 g/mol. The van der Waals surface area contributed by atoms with Gasteiger partial charge in [0, 0.05) is 11.6 Å². The van der Waals surface area contributed by atoms with Gasteiger partial charge in [0.25, 0.3) is 5.91 Å². The molecule has 1 heterocycles. The van der Waals surface area contributed by atoms with Crippen molar-refractivity contribution in [2.24, 2.45) is 10.9 Å². The van der Waals surface area contributed by atoms with Crippen LogP contribution >= 0.6 is 0 Å². The van der Waals surface area contributed by atoms with Crippen LogP contribution in [0.5, 0.6) is 0 Å². The molecule has 0 spiro atoms. The molecular formula is C15H18N4O2. The van der Waals surface area contributed by atoms with Crippen molar-refractivity contribution in [2.45, 2.75) is 25.8 Å². The number of benzene rings is 1. The lowest BCUT2D eigenvalue weighted by atomic mass is 9.97. The first-order valence-corrected chi connectivity index (χ1v) is 6.66. The van der Waals surface area contributed by atoms with Gasteiger partial charge in [-0.25, -0.2) is 0 Å². The van der Waals surface area contributed by atoms with Gasteiger partial charge in [-0.15, -0.1) is 0 Å². The van der Waals surface area contributed by atoms with Gasteiger partial charge < -0.3 is 16.3 Å². The highest BCUT2D eigenvalue weighted by molar-refractivity contribution is 6.07. The molecule has 1 atom stereocenters. The quantitative estimate of drug-likeness (QED) is 0.346. The van der Waals surface area contributed by atoms with Crippen molar-refractivity contribution in [3.63, 3.8) is 0 Å². The van der Waals surface area contributed by atoms with Crippen molar-refractivity contribution in [3.8, 4) is 0 Å². The van der Waals surface area contributed by atoms with Crippen LogP contribution in [-0.4, -0.2) is 27.5 Å². The summed E-state index contributed by atoms with van der Waals surface area (Å²) in [6.45, 7) is 3.54. The van der Waals surface area contributed by atoms with Crippen LogP contribution in [-0.2, 0) is 0 Å². The molecule has 6 nitrogen and oxygen atoms in total. The molecule has 0 aliphatic carbocycles. The molecule has 6 heteroatoms. The number of hydrogen-bond acceptors (Lipinski definition) is 4. The number of nitrogens with one attached hydrogen (secondary N) is 1. The predicted molar refractivity (Wildman–Crippen MR) is 81.3 cm³/mol. The highest BCUT2D eigenvalue weighted by Gasteiger charge is 2.30. The molecule has 110 valence electrons. The molecule has 2 rings (SSSR count). The molecule has 0 radical (unpaired) electrons. The number of fused-ring (bicyclic) bond motifs is 1. The van der Waals surface area contributed by atoms with E-state index in [1.165, 1.54) is 0 Å². The number of amidine groups is 1. The molecule has 1 unspecified atom stereocenters. The lowest BCUT2D eigenvalue weighted by molar-refractivity contribution is 0.0921. The van der Waals surface area contributed by atoms with Crippen molar-refractivity contribution in [2.75, 3.05) is 0 Å². The van der Waals surface area contributed by atoms with Crippen molar-refractivity contribution < 1.29 is 10.0 Å². The summed E-state index contributed by atoms with van der Waals surface area (Å²) in [5.41, 5.74) is 5.06. The SMILES string of the molecule is CCC(C)(NC(=O)c1nccc2ccccc12)C(N)=NO. The summed E-state index contributed by atoms with van der Waals surface area (Å²) in [7, 11) is 0. The van der Waals surface area contributed by atoms with Gasteiger partial charge in [0.2, 0.25) is 0 Å². The van der Waals surface area contributed by atoms with Gasteiger partial charge in [0.1, 0.15) is 5.69 Å². The van der Waals surface area contributed by atoms with Gasteiger partial charge >= 0.3 is 0 Å². The molecular weight excluding hydrogens is 268 g/mol. The minimum Gasteiger partial charge on any atom is -0.409 e. The smallest absolute Gasteiger partial charge is 0.271 e. The molecule has 0 aliphatic heterocycles. The summed E-state index contributed by atoms with van der Waals surface area (Å²) >= 11 is 0. The molecule has 0 saturated carbocycles. The summed E-state index contributed by atoms with van der Waals surface area (Å²) in [5, 5.41) is 16.3. The van der Waals surface area contributed by atoms with Crippen molar-refractivity contribution in [3.05, 3.63) is 42.2 Å². The highest BCUT2D eigenvalue weighted by Crippen LogP contribution is 2.18. The first-order chi connectivity index (χ1) is 10.0. The largest absolute Gasteiger partial charge is 0.409 e. The number of hydrogen-bond donors (Lipinski definition) is 3. The van der Waals surface area contributed by atoms with Crippen molar-refractivity contribution in [1.82, 2.24) is 10.3 Å². The zero-order valence-electron chi connectivity index (χ0n) is 12.0. The number of carbonyl (C=O) groups excluding carboxylic acids is 1. The molecule has 4 N–H and O–H groups in total. The third kappa shape index (κ3) is 2.79.